The molecule has 0 fully saturated rings. The lowest BCUT2D eigenvalue weighted by Gasteiger charge is -2.09. The molecule has 0 radical (unpaired) electrons. The van der Waals surface area contributed by atoms with Gasteiger partial charge in [0.15, 0.2) is 11.2 Å². The minimum absolute atomic E-state index is 0.822. The SMILES string of the molecule is Cn1c2ccccc2c2c3ccc4ccccc4c3c3c4ccccc4oc3c21.c1ccc(-c2n[nH]c3c2oc2ccccc23)cc1. The molecule has 11 rings (SSSR count). The van der Waals surface area contributed by atoms with Gasteiger partial charge < -0.3 is 13.4 Å². The Balaban J connectivity index is 0.000000136. The van der Waals surface area contributed by atoms with E-state index in [1.807, 2.05) is 60.7 Å². The fraction of sp³-hybridized carbons (Fsp3) is 0.0238. The predicted molar refractivity (Wildman–Crippen MR) is 194 cm³/mol. The monoisotopic (exact) mass is 605 g/mol. The van der Waals surface area contributed by atoms with Crippen molar-refractivity contribution in [1.82, 2.24) is 14.8 Å². The molecule has 4 heterocycles. The van der Waals surface area contributed by atoms with Crippen LogP contribution in [0, 0.1) is 0 Å². The third-order valence-electron chi connectivity index (χ3n) is 9.50. The molecule has 0 spiro atoms. The van der Waals surface area contributed by atoms with E-state index in [2.05, 4.69) is 101 Å². The van der Waals surface area contributed by atoms with Crippen LogP contribution >= 0.6 is 0 Å². The van der Waals surface area contributed by atoms with Crippen LogP contribution in [0.1, 0.15) is 0 Å². The summed E-state index contributed by atoms with van der Waals surface area (Å²) in [7, 11) is 2.14. The van der Waals surface area contributed by atoms with Gasteiger partial charge in [-0.1, -0.05) is 115 Å². The maximum Gasteiger partial charge on any atom is 0.181 e. The Labute approximate surface area is 268 Å². The van der Waals surface area contributed by atoms with Crippen LogP contribution in [-0.2, 0) is 7.05 Å². The molecule has 0 bridgehead atoms. The molecule has 5 heteroatoms. The highest BCUT2D eigenvalue weighted by Crippen LogP contribution is 2.46. The van der Waals surface area contributed by atoms with Crippen LogP contribution in [0.5, 0.6) is 0 Å². The number of benzene rings is 7. The lowest BCUT2D eigenvalue weighted by Crippen LogP contribution is -1.88. The van der Waals surface area contributed by atoms with Gasteiger partial charge in [0, 0.05) is 50.4 Å². The molecule has 0 aliphatic carbocycles. The molecule has 7 aromatic carbocycles. The molecule has 47 heavy (non-hydrogen) atoms. The van der Waals surface area contributed by atoms with Gasteiger partial charge in [-0.25, -0.2) is 0 Å². The van der Waals surface area contributed by atoms with Crippen molar-refractivity contribution in [2.24, 2.45) is 7.05 Å². The summed E-state index contributed by atoms with van der Waals surface area (Å²) in [6, 6.07) is 48.2. The third-order valence-corrected chi connectivity index (χ3v) is 9.50. The highest BCUT2D eigenvalue weighted by atomic mass is 16.3. The first-order valence-corrected chi connectivity index (χ1v) is 15.8. The Hall–Kier alpha value is -6.33. The second-order valence-electron chi connectivity index (χ2n) is 12.1. The van der Waals surface area contributed by atoms with Gasteiger partial charge in [0.2, 0.25) is 0 Å². The zero-order chi connectivity index (χ0) is 31.1. The first-order chi connectivity index (χ1) is 23.3. The van der Waals surface area contributed by atoms with Crippen molar-refractivity contribution >= 4 is 87.4 Å². The molecule has 0 aliphatic rings. The number of fused-ring (bicyclic) bond motifs is 15. The number of para-hydroxylation sites is 3. The number of rotatable bonds is 1. The molecule has 0 saturated carbocycles. The van der Waals surface area contributed by atoms with Crippen molar-refractivity contribution < 1.29 is 8.83 Å². The number of H-pyrrole nitrogens is 1. The van der Waals surface area contributed by atoms with Crippen molar-refractivity contribution in [1.29, 1.82) is 0 Å². The maximum absolute atomic E-state index is 6.51. The van der Waals surface area contributed by atoms with Crippen LogP contribution in [0.3, 0.4) is 0 Å². The van der Waals surface area contributed by atoms with E-state index in [0.717, 1.165) is 44.5 Å². The van der Waals surface area contributed by atoms with Crippen LogP contribution in [0.25, 0.3) is 98.6 Å². The Bertz CT molecular complexity index is 2980. The highest BCUT2D eigenvalue weighted by Gasteiger charge is 2.22. The van der Waals surface area contributed by atoms with E-state index in [1.165, 1.54) is 54.1 Å². The Kier molecular flexibility index (Phi) is 5.43. The molecule has 0 amide bonds. The number of aromatic amines is 1. The summed E-state index contributed by atoms with van der Waals surface area (Å²) < 4.78 is 14.7. The number of furan rings is 2. The third kappa shape index (κ3) is 3.68. The number of nitrogens with one attached hydrogen (secondary N) is 1. The average molecular weight is 606 g/mol. The Morgan fingerprint density at radius 2 is 1.15 bits per heavy atom. The molecule has 0 aliphatic heterocycles. The quantitative estimate of drug-likeness (QED) is 0.189. The first-order valence-electron chi connectivity index (χ1n) is 15.8. The number of hydrogen-bond acceptors (Lipinski definition) is 3. The topological polar surface area (TPSA) is 59.9 Å². The molecular weight excluding hydrogens is 578 g/mol. The second-order valence-corrected chi connectivity index (χ2v) is 12.1. The van der Waals surface area contributed by atoms with Crippen LogP contribution in [0.4, 0.5) is 0 Å². The van der Waals surface area contributed by atoms with Crippen LogP contribution in [-0.4, -0.2) is 14.8 Å². The largest absolute Gasteiger partial charge is 0.454 e. The summed E-state index contributed by atoms with van der Waals surface area (Å²) in [5.41, 5.74) is 8.90. The van der Waals surface area contributed by atoms with Crippen LogP contribution in [0.15, 0.2) is 148 Å². The molecule has 5 nitrogen and oxygen atoms in total. The fourth-order valence-electron chi connectivity index (χ4n) is 7.42. The van der Waals surface area contributed by atoms with Gasteiger partial charge >= 0.3 is 0 Å². The summed E-state index contributed by atoms with van der Waals surface area (Å²) in [4.78, 5) is 0. The van der Waals surface area contributed by atoms with E-state index in [0.29, 0.717) is 0 Å². The molecular formula is C42H27N3O2. The molecule has 11 aromatic rings. The van der Waals surface area contributed by atoms with E-state index >= 15 is 0 Å². The summed E-state index contributed by atoms with van der Waals surface area (Å²) >= 11 is 0. The average Bonchev–Trinajstić information content (AvgIpc) is 3.89. The normalized spacial score (nSPS) is 11.9. The Morgan fingerprint density at radius 1 is 0.511 bits per heavy atom. The van der Waals surface area contributed by atoms with Crippen molar-refractivity contribution in [3.05, 3.63) is 140 Å². The molecule has 0 saturated heterocycles. The minimum atomic E-state index is 0.822. The maximum atomic E-state index is 6.51. The number of nitrogens with zero attached hydrogens (tertiary/aromatic N) is 2. The van der Waals surface area contributed by atoms with Crippen molar-refractivity contribution in [2.45, 2.75) is 0 Å². The molecule has 0 unspecified atom stereocenters. The Morgan fingerprint density at radius 3 is 1.98 bits per heavy atom. The van der Waals surface area contributed by atoms with Crippen LogP contribution in [0.2, 0.25) is 0 Å². The second kappa shape index (κ2) is 9.83. The standard InChI is InChI=1S/C27H17NO.C15H10N2O/c1-28-21-12-6-4-10-18(21)24-20-15-14-16-8-2-3-9-17(16)23(20)25-19-11-5-7-13-22(19)29-27(25)26(24)28;1-2-6-10(7-3-1)13-15-14(17-16-13)11-8-4-5-9-12(11)18-15/h2-15H,1H3;1-9H,(H,16,17). The molecule has 1 N–H and O–H groups in total. The van der Waals surface area contributed by atoms with Crippen LogP contribution < -0.4 is 0 Å². The molecule has 222 valence electrons. The van der Waals surface area contributed by atoms with Gasteiger partial charge in [0.25, 0.3) is 0 Å². The van der Waals surface area contributed by atoms with Crippen molar-refractivity contribution in [3.63, 3.8) is 0 Å². The molecule has 4 aromatic heterocycles. The van der Waals surface area contributed by atoms with E-state index in [9.17, 15) is 0 Å². The fourth-order valence-corrected chi connectivity index (χ4v) is 7.42. The number of aromatic nitrogens is 3. The zero-order valence-corrected chi connectivity index (χ0v) is 25.5. The summed E-state index contributed by atoms with van der Waals surface area (Å²) in [6.45, 7) is 0. The smallest absolute Gasteiger partial charge is 0.181 e. The van der Waals surface area contributed by atoms with E-state index in [1.54, 1.807) is 0 Å². The van der Waals surface area contributed by atoms with E-state index in [4.69, 9.17) is 8.83 Å². The predicted octanol–water partition coefficient (Wildman–Crippen LogP) is 11.5. The van der Waals surface area contributed by atoms with Gasteiger partial charge in [0.1, 0.15) is 22.4 Å². The lowest BCUT2D eigenvalue weighted by molar-refractivity contribution is 0.669. The van der Waals surface area contributed by atoms with Crippen molar-refractivity contribution in [3.8, 4) is 11.3 Å². The van der Waals surface area contributed by atoms with Gasteiger partial charge in [-0.2, -0.15) is 5.10 Å². The zero-order valence-electron chi connectivity index (χ0n) is 25.5. The minimum Gasteiger partial charge on any atom is -0.454 e. The number of aryl methyl sites for hydroxylation is 1. The first kappa shape index (κ1) is 25.9. The van der Waals surface area contributed by atoms with Gasteiger partial charge in [-0.15, -0.1) is 0 Å². The van der Waals surface area contributed by atoms with Crippen molar-refractivity contribution in [2.75, 3.05) is 0 Å². The van der Waals surface area contributed by atoms with E-state index in [-0.39, 0.29) is 0 Å². The number of hydrogen-bond donors (Lipinski definition) is 1. The highest BCUT2D eigenvalue weighted by molar-refractivity contribution is 6.38. The van der Waals surface area contributed by atoms with Gasteiger partial charge in [-0.3, -0.25) is 5.10 Å². The van der Waals surface area contributed by atoms with E-state index < -0.39 is 0 Å². The molecule has 0 atom stereocenters. The lowest BCUT2D eigenvalue weighted by atomic mass is 9.94. The summed E-state index contributed by atoms with van der Waals surface area (Å²) in [5, 5.41) is 18.5. The van der Waals surface area contributed by atoms with Gasteiger partial charge in [-0.05, 0) is 40.4 Å². The summed E-state index contributed by atoms with van der Waals surface area (Å²) in [5.74, 6) is 0. The summed E-state index contributed by atoms with van der Waals surface area (Å²) in [6.07, 6.45) is 0. The van der Waals surface area contributed by atoms with Gasteiger partial charge in [0.05, 0.1) is 5.52 Å².